The maximum atomic E-state index is 13.7. The largest absolute Gasteiger partial charge is 0.465 e. The molecule has 1 unspecified atom stereocenters. The van der Waals surface area contributed by atoms with Crippen molar-refractivity contribution in [2.24, 2.45) is 11.8 Å². The fourth-order valence-corrected chi connectivity index (χ4v) is 5.26. The molecule has 1 aromatic rings. The molecule has 0 radical (unpaired) electrons. The van der Waals surface area contributed by atoms with Crippen LogP contribution in [0.3, 0.4) is 0 Å². The molecule has 12 heteroatoms. The van der Waals surface area contributed by atoms with Crippen LogP contribution >= 0.6 is 15.9 Å². The van der Waals surface area contributed by atoms with Crippen molar-refractivity contribution in [1.29, 1.82) is 0 Å². The summed E-state index contributed by atoms with van der Waals surface area (Å²) in [5.41, 5.74) is 0. The van der Waals surface area contributed by atoms with E-state index < -0.39 is 18.1 Å². The van der Waals surface area contributed by atoms with E-state index in [0.29, 0.717) is 56.3 Å². The van der Waals surface area contributed by atoms with Crippen molar-refractivity contribution in [3.05, 3.63) is 16.6 Å². The number of piperidine rings is 1. The maximum Gasteiger partial charge on any atom is 0.407 e. The molecule has 36 heavy (non-hydrogen) atoms. The number of unbranched alkanes of at least 4 members (excludes halogenated alkanes) is 1. The van der Waals surface area contributed by atoms with Gasteiger partial charge in [-0.15, -0.1) is 0 Å². The molecule has 3 rings (SSSR count). The zero-order valence-corrected chi connectivity index (χ0v) is 22.9. The highest BCUT2D eigenvalue weighted by Crippen LogP contribution is 2.23. The first kappa shape index (κ1) is 28.5. The summed E-state index contributed by atoms with van der Waals surface area (Å²) in [4.78, 5) is 46.2. The minimum atomic E-state index is -1.07. The van der Waals surface area contributed by atoms with Crippen molar-refractivity contribution in [2.75, 3.05) is 53.1 Å². The topological polar surface area (TPSA) is 126 Å². The number of morpholine rings is 1. The minimum absolute atomic E-state index is 0.0565. The number of hydrogen-bond acceptors (Lipinski definition) is 7. The van der Waals surface area contributed by atoms with Gasteiger partial charge in [-0.05, 0) is 41.1 Å². The molecule has 2 N–H and O–H groups in total. The van der Waals surface area contributed by atoms with Crippen molar-refractivity contribution < 1.29 is 29.0 Å². The molecule has 2 amide bonds. The lowest BCUT2D eigenvalue weighted by atomic mass is 9.90. The summed E-state index contributed by atoms with van der Waals surface area (Å²) in [5.74, 6) is -0.379. The van der Waals surface area contributed by atoms with Gasteiger partial charge in [-0.1, -0.05) is 13.8 Å². The van der Waals surface area contributed by atoms with E-state index in [1.165, 1.54) is 4.90 Å². The van der Waals surface area contributed by atoms with Crippen LogP contribution < -0.4 is 5.32 Å². The number of rotatable bonds is 11. The number of nitrogens with one attached hydrogen (secondary N) is 1. The molecule has 2 aliphatic rings. The smallest absolute Gasteiger partial charge is 0.407 e. The van der Waals surface area contributed by atoms with Gasteiger partial charge < -0.3 is 34.3 Å². The Morgan fingerprint density at radius 2 is 1.94 bits per heavy atom. The van der Waals surface area contributed by atoms with Gasteiger partial charge in [0.25, 0.3) is 0 Å². The third-order valence-corrected chi connectivity index (χ3v) is 7.10. The molecule has 202 valence electrons. The Hall–Kier alpha value is -2.02. The van der Waals surface area contributed by atoms with E-state index in [-0.39, 0.29) is 36.7 Å². The third-order valence-electron chi connectivity index (χ3n) is 6.72. The first-order valence-electron chi connectivity index (χ1n) is 12.6. The summed E-state index contributed by atoms with van der Waals surface area (Å²) in [5, 5.41) is 13.1. The molecule has 11 nitrogen and oxygen atoms in total. The molecule has 3 heterocycles. The number of halogens is 1. The van der Waals surface area contributed by atoms with E-state index in [9.17, 15) is 19.5 Å². The molecule has 0 aliphatic carbocycles. The number of carbonyl (C=O) groups excluding carboxylic acids is 2. The van der Waals surface area contributed by atoms with Crippen LogP contribution in [0.25, 0.3) is 0 Å². The molecule has 3 atom stereocenters. The van der Waals surface area contributed by atoms with Gasteiger partial charge in [0.1, 0.15) is 4.60 Å². The normalized spacial score (nSPS) is 21.6. The highest BCUT2D eigenvalue weighted by molar-refractivity contribution is 9.10. The second-order valence-electron chi connectivity index (χ2n) is 9.79. The van der Waals surface area contributed by atoms with E-state index in [2.05, 4.69) is 26.2 Å². The summed E-state index contributed by atoms with van der Waals surface area (Å²) < 4.78 is 12.9. The van der Waals surface area contributed by atoms with E-state index >= 15 is 0 Å². The predicted molar refractivity (Wildman–Crippen MR) is 136 cm³/mol. The van der Waals surface area contributed by atoms with Gasteiger partial charge in [-0.2, -0.15) is 0 Å². The van der Waals surface area contributed by atoms with Gasteiger partial charge in [0.05, 0.1) is 25.2 Å². The average molecular weight is 573 g/mol. The van der Waals surface area contributed by atoms with Crippen LogP contribution in [-0.4, -0.2) is 107 Å². The number of ether oxygens (including phenoxy) is 2. The molecule has 0 spiro atoms. The van der Waals surface area contributed by atoms with E-state index in [0.717, 1.165) is 12.8 Å². The van der Waals surface area contributed by atoms with Crippen LogP contribution in [0.15, 0.2) is 10.8 Å². The van der Waals surface area contributed by atoms with Gasteiger partial charge in [0, 0.05) is 58.7 Å². The fraction of sp³-hybridized carbons (Fsp3) is 0.750. The standard InChI is InChI=1S/C24H38BrN5O6/c1-16(2)20(21(31)22-27-19(25)15-29(22)6-4-5-9-35-3)26-18-12-17(13-30(14-18)24(33)34)23(32)28-7-10-36-11-8-28/h15-18,20,26H,4-14H2,1-3H3,(H,33,34)/t17-,18+,20?/m1/s1. The van der Waals surface area contributed by atoms with Crippen LogP contribution in [0, 0.1) is 11.8 Å². The first-order chi connectivity index (χ1) is 17.2. The number of nitrogens with zero attached hydrogens (tertiary/aromatic N) is 4. The van der Waals surface area contributed by atoms with Crippen LogP contribution in [0.2, 0.25) is 0 Å². The SMILES string of the molecule is COCCCCn1cc(Br)nc1C(=O)C(N[C@H]1C[C@@H](C(=O)N2CCOCC2)CN(C(=O)O)C1)C(C)C. The van der Waals surface area contributed by atoms with Crippen LogP contribution in [0.5, 0.6) is 0 Å². The van der Waals surface area contributed by atoms with Crippen molar-refractivity contribution >= 4 is 33.7 Å². The summed E-state index contributed by atoms with van der Waals surface area (Å²) in [6.07, 6.45) is 2.92. The molecule has 2 fully saturated rings. The van der Waals surface area contributed by atoms with E-state index in [1.807, 2.05) is 18.4 Å². The summed E-state index contributed by atoms with van der Waals surface area (Å²) in [6, 6.07) is -0.912. The molecule has 2 saturated heterocycles. The number of aromatic nitrogens is 2. The Morgan fingerprint density at radius 3 is 2.58 bits per heavy atom. The van der Waals surface area contributed by atoms with Crippen molar-refractivity contribution in [3.8, 4) is 0 Å². The van der Waals surface area contributed by atoms with E-state index in [4.69, 9.17) is 9.47 Å². The zero-order valence-electron chi connectivity index (χ0n) is 21.3. The number of likely N-dealkylation sites (tertiary alicyclic amines) is 1. The minimum Gasteiger partial charge on any atom is -0.465 e. The average Bonchev–Trinajstić information content (AvgIpc) is 3.24. The molecule has 0 bridgehead atoms. The van der Waals surface area contributed by atoms with E-state index in [1.54, 1.807) is 18.2 Å². The number of Topliss-reactive ketones (excluding diaryl/α,β-unsaturated/α-hetero) is 1. The zero-order chi connectivity index (χ0) is 26.2. The van der Waals surface area contributed by atoms with Gasteiger partial charge in [-0.3, -0.25) is 9.59 Å². The number of imidazole rings is 1. The lowest BCUT2D eigenvalue weighted by Gasteiger charge is -2.40. The Bertz CT molecular complexity index is 904. The third kappa shape index (κ3) is 7.50. The molecule has 2 aliphatic heterocycles. The second kappa shape index (κ2) is 13.5. The van der Waals surface area contributed by atoms with Crippen molar-refractivity contribution in [2.45, 2.75) is 51.7 Å². The van der Waals surface area contributed by atoms with Gasteiger partial charge in [-0.25, -0.2) is 9.78 Å². The molecular formula is C24H38BrN5O6. The lowest BCUT2D eigenvalue weighted by molar-refractivity contribution is -0.141. The Labute approximate surface area is 220 Å². The van der Waals surface area contributed by atoms with Crippen molar-refractivity contribution in [3.63, 3.8) is 0 Å². The Balaban J connectivity index is 1.74. The molecular weight excluding hydrogens is 534 g/mol. The predicted octanol–water partition coefficient (Wildman–Crippen LogP) is 2.10. The number of ketones is 1. The number of aryl methyl sites for hydroxylation is 1. The van der Waals surface area contributed by atoms with Gasteiger partial charge in [0.2, 0.25) is 11.7 Å². The highest BCUT2D eigenvalue weighted by atomic mass is 79.9. The van der Waals surface area contributed by atoms with Gasteiger partial charge in [0.15, 0.2) is 5.82 Å². The number of methoxy groups -OCH3 is 1. The molecule has 1 aromatic heterocycles. The monoisotopic (exact) mass is 571 g/mol. The van der Waals surface area contributed by atoms with Crippen LogP contribution in [0.4, 0.5) is 4.79 Å². The molecule has 0 saturated carbocycles. The maximum absolute atomic E-state index is 13.7. The lowest BCUT2D eigenvalue weighted by Crippen LogP contribution is -2.58. The van der Waals surface area contributed by atoms with Gasteiger partial charge >= 0.3 is 6.09 Å². The molecule has 0 aromatic carbocycles. The summed E-state index contributed by atoms with van der Waals surface area (Å²) in [7, 11) is 1.66. The van der Waals surface area contributed by atoms with Crippen molar-refractivity contribution in [1.82, 2.24) is 24.7 Å². The first-order valence-corrected chi connectivity index (χ1v) is 13.4. The summed E-state index contributed by atoms with van der Waals surface area (Å²) in [6.45, 7) is 7.55. The number of carboxylic acid groups (broad SMARTS) is 1. The summed E-state index contributed by atoms with van der Waals surface area (Å²) >= 11 is 3.39. The highest BCUT2D eigenvalue weighted by Gasteiger charge is 2.38. The Kier molecular flexibility index (Phi) is 10.7. The number of amides is 2. The Morgan fingerprint density at radius 1 is 1.22 bits per heavy atom. The van der Waals surface area contributed by atoms with Crippen LogP contribution in [0.1, 0.15) is 43.7 Å². The fourth-order valence-electron chi connectivity index (χ4n) is 4.84. The number of hydrogen-bond donors (Lipinski definition) is 2. The second-order valence-corrected chi connectivity index (χ2v) is 10.6. The van der Waals surface area contributed by atoms with Crippen LogP contribution in [-0.2, 0) is 20.8 Å². The number of carbonyl (C=O) groups is 3. The quantitative estimate of drug-likeness (QED) is 0.305.